The minimum absolute atomic E-state index is 0.0640. The molecule has 3 nitrogen and oxygen atoms in total. The highest BCUT2D eigenvalue weighted by molar-refractivity contribution is 5.94. The molecule has 0 spiro atoms. The second-order valence-corrected chi connectivity index (χ2v) is 2.98. The fourth-order valence-electron chi connectivity index (χ4n) is 1.39. The summed E-state index contributed by atoms with van der Waals surface area (Å²) in [6, 6.07) is 6.70. The Morgan fingerprint density at radius 3 is 3.15 bits per heavy atom. The zero-order valence-electron chi connectivity index (χ0n) is 7.39. The van der Waals surface area contributed by atoms with Gasteiger partial charge in [0.15, 0.2) is 0 Å². The monoisotopic (exact) mass is 176 g/mol. The Bertz CT molecular complexity index is 347. The van der Waals surface area contributed by atoms with Crippen LogP contribution < -0.4 is 10.1 Å². The van der Waals surface area contributed by atoms with Gasteiger partial charge in [0.1, 0.15) is 5.75 Å². The van der Waals surface area contributed by atoms with E-state index in [1.54, 1.807) is 13.2 Å². The molecular formula is C10H10NO2. The molecule has 1 heterocycles. The van der Waals surface area contributed by atoms with Crippen molar-refractivity contribution in [2.24, 2.45) is 0 Å². The van der Waals surface area contributed by atoms with E-state index in [9.17, 15) is 4.79 Å². The quantitative estimate of drug-likeness (QED) is 0.702. The maximum atomic E-state index is 11.1. The lowest BCUT2D eigenvalue weighted by Crippen LogP contribution is -2.18. The largest absolute Gasteiger partial charge is 0.497 e. The fraction of sp³-hybridized carbons (Fsp3) is 0.300. The van der Waals surface area contributed by atoms with E-state index >= 15 is 0 Å². The molecule has 3 heteroatoms. The van der Waals surface area contributed by atoms with Crippen molar-refractivity contribution in [3.63, 3.8) is 0 Å². The van der Waals surface area contributed by atoms with Gasteiger partial charge in [0, 0.05) is 18.2 Å². The van der Waals surface area contributed by atoms with Gasteiger partial charge < -0.3 is 10.1 Å². The number of fused-ring (bicyclic) bond motifs is 1. The number of methoxy groups -OCH3 is 1. The molecule has 1 aliphatic rings. The zero-order chi connectivity index (χ0) is 9.26. The van der Waals surface area contributed by atoms with Gasteiger partial charge in [0.25, 0.3) is 0 Å². The molecule has 0 aromatic heterocycles. The molecule has 1 aromatic rings. The van der Waals surface area contributed by atoms with Crippen LogP contribution in [0, 0.1) is 6.07 Å². The third kappa shape index (κ3) is 1.49. The number of aryl methyl sites for hydroxylation is 1. The Morgan fingerprint density at radius 1 is 1.54 bits per heavy atom. The molecule has 1 aliphatic heterocycles. The summed E-state index contributed by atoms with van der Waals surface area (Å²) in [4.78, 5) is 11.1. The van der Waals surface area contributed by atoms with Gasteiger partial charge >= 0.3 is 0 Å². The van der Waals surface area contributed by atoms with E-state index in [1.165, 1.54) is 0 Å². The van der Waals surface area contributed by atoms with Gasteiger partial charge in [-0.25, -0.2) is 0 Å². The molecule has 0 atom stereocenters. The lowest BCUT2D eigenvalue weighted by atomic mass is 10.0. The highest BCUT2D eigenvalue weighted by Crippen LogP contribution is 2.26. The second-order valence-electron chi connectivity index (χ2n) is 2.98. The summed E-state index contributed by atoms with van der Waals surface area (Å²) in [5, 5.41) is 2.78. The molecule has 0 saturated carbocycles. The van der Waals surface area contributed by atoms with Crippen molar-refractivity contribution in [1.29, 1.82) is 0 Å². The van der Waals surface area contributed by atoms with Gasteiger partial charge in [-0.3, -0.25) is 4.79 Å². The Hall–Kier alpha value is -1.51. The van der Waals surface area contributed by atoms with E-state index in [0.29, 0.717) is 6.42 Å². The minimum atomic E-state index is 0.0640. The average Bonchev–Trinajstić information content (AvgIpc) is 2.16. The topological polar surface area (TPSA) is 38.3 Å². The van der Waals surface area contributed by atoms with E-state index in [4.69, 9.17) is 4.74 Å². The second kappa shape index (κ2) is 3.09. The number of carbonyl (C=O) groups excluding carboxylic acids is 1. The molecule has 13 heavy (non-hydrogen) atoms. The van der Waals surface area contributed by atoms with Crippen molar-refractivity contribution in [1.82, 2.24) is 0 Å². The maximum Gasteiger partial charge on any atom is 0.224 e. The number of carbonyl (C=O) groups is 1. The summed E-state index contributed by atoms with van der Waals surface area (Å²) in [5.74, 6) is 0.787. The van der Waals surface area contributed by atoms with Gasteiger partial charge in [-0.15, -0.1) is 0 Å². The van der Waals surface area contributed by atoms with Crippen molar-refractivity contribution in [3.8, 4) is 5.75 Å². The van der Waals surface area contributed by atoms with Gasteiger partial charge in [0.05, 0.1) is 7.11 Å². The molecule has 1 amide bonds. The van der Waals surface area contributed by atoms with Crippen LogP contribution in [0.4, 0.5) is 5.69 Å². The summed E-state index contributed by atoms with van der Waals surface area (Å²) < 4.78 is 5.03. The number of nitrogens with one attached hydrogen (secondary N) is 1. The summed E-state index contributed by atoms with van der Waals surface area (Å²) >= 11 is 0. The molecule has 2 rings (SSSR count). The first-order valence-electron chi connectivity index (χ1n) is 4.18. The molecule has 1 N–H and O–H groups in total. The smallest absolute Gasteiger partial charge is 0.224 e. The first-order valence-corrected chi connectivity index (χ1v) is 4.18. The van der Waals surface area contributed by atoms with Crippen LogP contribution >= 0.6 is 0 Å². The van der Waals surface area contributed by atoms with Gasteiger partial charge in [-0.2, -0.15) is 0 Å². The number of rotatable bonds is 1. The van der Waals surface area contributed by atoms with Crippen molar-refractivity contribution in [2.75, 3.05) is 12.4 Å². The van der Waals surface area contributed by atoms with E-state index in [-0.39, 0.29) is 5.91 Å². The zero-order valence-corrected chi connectivity index (χ0v) is 7.39. The first-order chi connectivity index (χ1) is 6.29. The molecule has 0 fully saturated rings. The number of benzene rings is 1. The molecule has 0 saturated heterocycles. The van der Waals surface area contributed by atoms with E-state index in [0.717, 1.165) is 23.4 Å². The Labute approximate surface area is 76.7 Å². The molecule has 67 valence electrons. The van der Waals surface area contributed by atoms with Crippen molar-refractivity contribution >= 4 is 11.6 Å². The van der Waals surface area contributed by atoms with Gasteiger partial charge in [-0.05, 0) is 24.1 Å². The van der Waals surface area contributed by atoms with Crippen LogP contribution in [0.5, 0.6) is 5.75 Å². The van der Waals surface area contributed by atoms with Crippen molar-refractivity contribution in [2.45, 2.75) is 12.8 Å². The van der Waals surface area contributed by atoms with Crippen molar-refractivity contribution in [3.05, 3.63) is 23.8 Å². The number of ether oxygens (including phenoxy) is 1. The number of anilines is 1. The van der Waals surface area contributed by atoms with E-state index in [1.807, 2.05) is 6.07 Å². The van der Waals surface area contributed by atoms with Crippen molar-refractivity contribution < 1.29 is 9.53 Å². The van der Waals surface area contributed by atoms with Crippen LogP contribution in [0.2, 0.25) is 0 Å². The lowest BCUT2D eigenvalue weighted by Gasteiger charge is -2.16. The first kappa shape index (κ1) is 8.10. The Balaban J connectivity index is 2.38. The predicted molar refractivity (Wildman–Crippen MR) is 48.8 cm³/mol. The fourth-order valence-corrected chi connectivity index (χ4v) is 1.39. The predicted octanol–water partition coefficient (Wildman–Crippen LogP) is 1.38. The van der Waals surface area contributed by atoms with Crippen LogP contribution in [-0.4, -0.2) is 13.0 Å². The molecule has 0 unspecified atom stereocenters. The SMILES string of the molecule is COc1c[c]c2c(c1)NC(=O)CC2. The van der Waals surface area contributed by atoms with Crippen LogP contribution in [0.3, 0.4) is 0 Å². The summed E-state index contributed by atoms with van der Waals surface area (Å²) in [6.45, 7) is 0. The number of amides is 1. The molecule has 0 bridgehead atoms. The third-order valence-corrected chi connectivity index (χ3v) is 2.11. The van der Waals surface area contributed by atoms with Gasteiger partial charge in [-0.1, -0.05) is 0 Å². The maximum absolute atomic E-state index is 11.1. The van der Waals surface area contributed by atoms with E-state index < -0.39 is 0 Å². The van der Waals surface area contributed by atoms with Crippen LogP contribution in [0.15, 0.2) is 12.1 Å². The Morgan fingerprint density at radius 2 is 2.38 bits per heavy atom. The standard InChI is InChI=1S/C10H10NO2/c1-13-8-4-2-7-3-5-10(12)11-9(7)6-8/h4,6H,3,5H2,1H3,(H,11,12). The summed E-state index contributed by atoms with van der Waals surface area (Å²) in [7, 11) is 1.60. The molecule has 0 aliphatic carbocycles. The molecule has 1 aromatic carbocycles. The molecular weight excluding hydrogens is 166 g/mol. The third-order valence-electron chi connectivity index (χ3n) is 2.11. The highest BCUT2D eigenvalue weighted by Gasteiger charge is 2.14. The normalized spacial score (nSPS) is 14.7. The van der Waals surface area contributed by atoms with Crippen LogP contribution in [0.25, 0.3) is 0 Å². The number of hydrogen-bond acceptors (Lipinski definition) is 2. The average molecular weight is 176 g/mol. The van der Waals surface area contributed by atoms with Gasteiger partial charge in [0.2, 0.25) is 5.91 Å². The minimum Gasteiger partial charge on any atom is -0.497 e. The van der Waals surface area contributed by atoms with E-state index in [2.05, 4.69) is 11.4 Å². The van der Waals surface area contributed by atoms with Crippen LogP contribution in [0.1, 0.15) is 12.0 Å². The summed E-state index contributed by atoms with van der Waals surface area (Å²) in [6.07, 6.45) is 1.32. The Kier molecular flexibility index (Phi) is 1.93. The lowest BCUT2D eigenvalue weighted by molar-refractivity contribution is -0.116. The number of hydrogen-bond donors (Lipinski definition) is 1. The highest BCUT2D eigenvalue weighted by atomic mass is 16.5. The summed E-state index contributed by atoms with van der Waals surface area (Å²) in [5.41, 5.74) is 1.89. The van der Waals surface area contributed by atoms with Crippen LogP contribution in [-0.2, 0) is 11.2 Å². The molecule has 1 radical (unpaired) electrons.